The van der Waals surface area contributed by atoms with E-state index in [0.29, 0.717) is 25.7 Å². The van der Waals surface area contributed by atoms with Gasteiger partial charge in [0, 0.05) is 19.6 Å². The number of hydrogen-bond donors (Lipinski definition) is 2. The fourth-order valence-corrected chi connectivity index (χ4v) is 2.20. The van der Waals surface area contributed by atoms with Crippen molar-refractivity contribution >= 4 is 0 Å². The maximum absolute atomic E-state index is 9.74. The molecule has 1 fully saturated rings. The Balaban J connectivity index is 2.19. The molecule has 3 N–H and O–H groups in total. The van der Waals surface area contributed by atoms with Gasteiger partial charge >= 0.3 is 0 Å². The molecule has 0 saturated heterocycles. The monoisotopic (exact) mass is 229 g/mol. The highest BCUT2D eigenvalue weighted by Gasteiger charge is 2.25. The summed E-state index contributed by atoms with van der Waals surface area (Å²) in [5.74, 6) is 1.58. The Hall–Kier alpha value is -0.120. The van der Waals surface area contributed by atoms with Gasteiger partial charge in [0.25, 0.3) is 0 Å². The summed E-state index contributed by atoms with van der Waals surface area (Å²) < 4.78 is 5.82. The van der Waals surface area contributed by atoms with E-state index in [1.54, 1.807) is 6.92 Å². The SMILES string of the molecule is CC1CCC(OCCC(C)(O)CN)CC1C. The molecule has 0 amide bonds. The Labute approximate surface area is 99.4 Å². The minimum absolute atomic E-state index is 0.300. The Morgan fingerprint density at radius 3 is 2.56 bits per heavy atom. The Morgan fingerprint density at radius 2 is 2.00 bits per heavy atom. The maximum Gasteiger partial charge on any atom is 0.0763 e. The molecule has 0 bridgehead atoms. The Bertz CT molecular complexity index is 206. The van der Waals surface area contributed by atoms with Gasteiger partial charge in [-0.15, -0.1) is 0 Å². The number of aliphatic hydroxyl groups is 1. The largest absolute Gasteiger partial charge is 0.389 e. The van der Waals surface area contributed by atoms with Gasteiger partial charge in [-0.3, -0.25) is 0 Å². The van der Waals surface area contributed by atoms with Crippen molar-refractivity contribution in [3.05, 3.63) is 0 Å². The second-order valence-corrected chi connectivity index (χ2v) is 5.71. The van der Waals surface area contributed by atoms with E-state index in [9.17, 15) is 5.11 Å². The van der Waals surface area contributed by atoms with Crippen LogP contribution in [0.15, 0.2) is 0 Å². The highest BCUT2D eigenvalue weighted by molar-refractivity contribution is 4.77. The molecular formula is C13H27NO2. The predicted molar refractivity (Wildman–Crippen MR) is 66.2 cm³/mol. The van der Waals surface area contributed by atoms with Crippen molar-refractivity contribution in [3.63, 3.8) is 0 Å². The van der Waals surface area contributed by atoms with Gasteiger partial charge in [-0.2, -0.15) is 0 Å². The molecule has 4 unspecified atom stereocenters. The highest BCUT2D eigenvalue weighted by atomic mass is 16.5. The van der Waals surface area contributed by atoms with Crippen LogP contribution in [0, 0.1) is 11.8 Å². The van der Waals surface area contributed by atoms with E-state index in [-0.39, 0.29) is 0 Å². The van der Waals surface area contributed by atoms with Crippen LogP contribution in [0.5, 0.6) is 0 Å². The molecule has 0 heterocycles. The molecule has 0 aromatic heterocycles. The Kier molecular flexibility index (Phi) is 5.22. The molecule has 0 aromatic rings. The summed E-state index contributed by atoms with van der Waals surface area (Å²) in [6.07, 6.45) is 4.60. The number of nitrogens with two attached hydrogens (primary N) is 1. The summed E-state index contributed by atoms with van der Waals surface area (Å²) in [6.45, 7) is 7.31. The second kappa shape index (κ2) is 5.99. The van der Waals surface area contributed by atoms with Crippen molar-refractivity contribution in [1.29, 1.82) is 0 Å². The first-order chi connectivity index (χ1) is 7.44. The van der Waals surface area contributed by atoms with Gasteiger partial charge in [0.05, 0.1) is 11.7 Å². The fourth-order valence-electron chi connectivity index (χ4n) is 2.20. The van der Waals surface area contributed by atoms with Crippen LogP contribution >= 0.6 is 0 Å². The summed E-state index contributed by atoms with van der Waals surface area (Å²) in [7, 11) is 0. The highest BCUT2D eigenvalue weighted by Crippen LogP contribution is 2.31. The predicted octanol–water partition coefficient (Wildman–Crippen LogP) is 1.93. The average Bonchev–Trinajstić information content (AvgIpc) is 2.23. The zero-order valence-corrected chi connectivity index (χ0v) is 10.9. The van der Waals surface area contributed by atoms with Gasteiger partial charge in [0.15, 0.2) is 0 Å². The normalized spacial score (nSPS) is 34.7. The van der Waals surface area contributed by atoms with Crippen LogP contribution in [0.3, 0.4) is 0 Å². The zero-order valence-electron chi connectivity index (χ0n) is 10.9. The van der Waals surface area contributed by atoms with Crippen molar-refractivity contribution in [2.45, 2.75) is 58.2 Å². The van der Waals surface area contributed by atoms with Crippen molar-refractivity contribution in [2.24, 2.45) is 17.6 Å². The van der Waals surface area contributed by atoms with Crippen molar-refractivity contribution in [3.8, 4) is 0 Å². The van der Waals surface area contributed by atoms with Crippen LogP contribution in [0.1, 0.15) is 46.5 Å². The molecule has 0 radical (unpaired) electrons. The standard InChI is InChI=1S/C13H27NO2/c1-10-4-5-12(8-11(10)2)16-7-6-13(3,15)9-14/h10-12,15H,4-9,14H2,1-3H3. The molecule has 3 heteroatoms. The number of ether oxygens (including phenoxy) is 1. The molecule has 16 heavy (non-hydrogen) atoms. The van der Waals surface area contributed by atoms with Gasteiger partial charge in [-0.25, -0.2) is 0 Å². The van der Waals surface area contributed by atoms with Gasteiger partial charge < -0.3 is 15.6 Å². The number of rotatable bonds is 5. The zero-order chi connectivity index (χ0) is 12.2. The number of hydrogen-bond acceptors (Lipinski definition) is 3. The van der Waals surface area contributed by atoms with Crippen LogP contribution in [-0.2, 0) is 4.74 Å². The third-order valence-corrected chi connectivity index (χ3v) is 3.98. The minimum atomic E-state index is -0.770. The van der Waals surface area contributed by atoms with Crippen molar-refractivity contribution in [1.82, 2.24) is 0 Å². The average molecular weight is 229 g/mol. The summed E-state index contributed by atoms with van der Waals surface area (Å²) in [6, 6.07) is 0. The third-order valence-electron chi connectivity index (χ3n) is 3.98. The van der Waals surface area contributed by atoms with E-state index in [2.05, 4.69) is 13.8 Å². The van der Waals surface area contributed by atoms with Gasteiger partial charge in [-0.05, 0) is 38.0 Å². The lowest BCUT2D eigenvalue weighted by Gasteiger charge is -2.32. The topological polar surface area (TPSA) is 55.5 Å². The molecule has 96 valence electrons. The molecule has 0 aliphatic heterocycles. The van der Waals surface area contributed by atoms with E-state index < -0.39 is 5.60 Å². The molecule has 0 spiro atoms. The van der Waals surface area contributed by atoms with E-state index in [4.69, 9.17) is 10.5 Å². The molecule has 1 aliphatic rings. The first-order valence-electron chi connectivity index (χ1n) is 6.48. The van der Waals surface area contributed by atoms with E-state index >= 15 is 0 Å². The van der Waals surface area contributed by atoms with Crippen LogP contribution in [0.25, 0.3) is 0 Å². The minimum Gasteiger partial charge on any atom is -0.389 e. The molecule has 4 atom stereocenters. The first kappa shape index (κ1) is 13.9. The lowest BCUT2D eigenvalue weighted by Crippen LogP contribution is -2.36. The summed E-state index contributed by atoms with van der Waals surface area (Å²) in [5.41, 5.74) is 4.69. The van der Waals surface area contributed by atoms with Crippen LogP contribution in [0.4, 0.5) is 0 Å². The summed E-state index contributed by atoms with van der Waals surface area (Å²) in [4.78, 5) is 0. The van der Waals surface area contributed by atoms with Crippen LogP contribution in [-0.4, -0.2) is 30.0 Å². The van der Waals surface area contributed by atoms with Gasteiger partial charge in [0.1, 0.15) is 0 Å². The van der Waals surface area contributed by atoms with Crippen molar-refractivity contribution < 1.29 is 9.84 Å². The van der Waals surface area contributed by atoms with E-state index in [0.717, 1.165) is 24.7 Å². The molecule has 1 aliphatic carbocycles. The maximum atomic E-state index is 9.74. The smallest absolute Gasteiger partial charge is 0.0763 e. The summed E-state index contributed by atoms with van der Waals surface area (Å²) in [5, 5.41) is 9.74. The molecule has 1 rings (SSSR count). The van der Waals surface area contributed by atoms with Gasteiger partial charge in [0.2, 0.25) is 0 Å². The van der Waals surface area contributed by atoms with Gasteiger partial charge in [-0.1, -0.05) is 13.8 Å². The van der Waals surface area contributed by atoms with Crippen LogP contribution < -0.4 is 5.73 Å². The third kappa shape index (κ3) is 4.40. The first-order valence-corrected chi connectivity index (χ1v) is 6.48. The molecule has 1 saturated carbocycles. The fraction of sp³-hybridized carbons (Fsp3) is 1.00. The molecule has 3 nitrogen and oxygen atoms in total. The van der Waals surface area contributed by atoms with Crippen molar-refractivity contribution in [2.75, 3.05) is 13.2 Å². The lowest BCUT2D eigenvalue weighted by molar-refractivity contribution is -0.0306. The lowest BCUT2D eigenvalue weighted by atomic mass is 9.80. The van der Waals surface area contributed by atoms with Crippen LogP contribution in [0.2, 0.25) is 0 Å². The van der Waals surface area contributed by atoms with E-state index in [1.165, 1.54) is 6.42 Å². The quantitative estimate of drug-likeness (QED) is 0.757. The Morgan fingerprint density at radius 1 is 1.31 bits per heavy atom. The summed E-state index contributed by atoms with van der Waals surface area (Å²) >= 11 is 0. The van der Waals surface area contributed by atoms with E-state index in [1.807, 2.05) is 0 Å². The molecular weight excluding hydrogens is 202 g/mol. The second-order valence-electron chi connectivity index (χ2n) is 5.71. The molecule has 0 aromatic carbocycles.